The zero-order valence-corrected chi connectivity index (χ0v) is 12.3. The molecule has 0 fully saturated rings. The first-order chi connectivity index (χ1) is 9.72. The van der Waals surface area contributed by atoms with Gasteiger partial charge in [0.15, 0.2) is 5.16 Å². The van der Waals surface area contributed by atoms with Crippen molar-refractivity contribution in [1.29, 1.82) is 10.5 Å². The number of imidazole rings is 1. The van der Waals surface area contributed by atoms with Crippen molar-refractivity contribution in [1.82, 2.24) is 14.5 Å². The molecule has 1 amide bonds. The minimum Gasteiger partial charge on any atom is -0.340 e. The molecule has 7 heteroatoms. The van der Waals surface area contributed by atoms with Crippen LogP contribution >= 0.6 is 11.8 Å². The maximum Gasteiger partial charge on any atom is 0.233 e. The number of hydrogen-bond donors (Lipinski definition) is 0. The predicted molar refractivity (Wildman–Crippen MR) is 75.7 cm³/mol. The minimum atomic E-state index is -0.0637. The van der Waals surface area contributed by atoms with Crippen molar-refractivity contribution in [3.8, 4) is 12.1 Å². The number of aryl methyl sites for hydroxylation is 1. The van der Waals surface area contributed by atoms with E-state index in [4.69, 9.17) is 10.5 Å². The molecule has 0 saturated heterocycles. The van der Waals surface area contributed by atoms with Crippen LogP contribution in [0.5, 0.6) is 0 Å². The van der Waals surface area contributed by atoms with E-state index in [1.54, 1.807) is 11.1 Å². The van der Waals surface area contributed by atoms with E-state index in [0.29, 0.717) is 13.1 Å². The minimum absolute atomic E-state index is 0.0637. The molecule has 1 aromatic heterocycles. The second kappa shape index (κ2) is 9.00. The molecular weight excluding hydrogens is 274 g/mol. The van der Waals surface area contributed by atoms with Crippen molar-refractivity contribution < 1.29 is 4.79 Å². The molecule has 0 radical (unpaired) electrons. The molecule has 0 unspecified atom stereocenters. The quantitative estimate of drug-likeness (QED) is 0.680. The molecule has 0 saturated carbocycles. The fraction of sp³-hybridized carbons (Fsp3) is 0.538. The van der Waals surface area contributed by atoms with Crippen molar-refractivity contribution in [2.45, 2.75) is 31.5 Å². The highest BCUT2D eigenvalue weighted by atomic mass is 32.2. The topological polar surface area (TPSA) is 85.7 Å². The van der Waals surface area contributed by atoms with E-state index < -0.39 is 0 Å². The first-order valence-electron chi connectivity index (χ1n) is 6.38. The summed E-state index contributed by atoms with van der Waals surface area (Å²) in [6.07, 6.45) is 4.15. The number of nitriles is 2. The third-order valence-electron chi connectivity index (χ3n) is 2.68. The van der Waals surface area contributed by atoms with E-state index in [-0.39, 0.29) is 24.5 Å². The van der Waals surface area contributed by atoms with Gasteiger partial charge in [-0.25, -0.2) is 4.98 Å². The monoisotopic (exact) mass is 291 g/mol. The van der Waals surface area contributed by atoms with Crippen LogP contribution in [-0.4, -0.2) is 39.2 Å². The number of rotatable bonds is 8. The van der Waals surface area contributed by atoms with E-state index in [1.165, 1.54) is 11.8 Å². The van der Waals surface area contributed by atoms with Gasteiger partial charge in [0.1, 0.15) is 0 Å². The molecule has 20 heavy (non-hydrogen) atoms. The Morgan fingerprint density at radius 3 is 2.60 bits per heavy atom. The van der Waals surface area contributed by atoms with Crippen LogP contribution in [0.15, 0.2) is 17.6 Å². The van der Waals surface area contributed by atoms with Crippen molar-refractivity contribution in [3.05, 3.63) is 12.4 Å². The van der Waals surface area contributed by atoms with Gasteiger partial charge in [-0.05, 0) is 6.92 Å². The van der Waals surface area contributed by atoms with Crippen LogP contribution in [0.4, 0.5) is 0 Å². The van der Waals surface area contributed by atoms with Crippen LogP contribution < -0.4 is 0 Å². The van der Waals surface area contributed by atoms with E-state index in [9.17, 15) is 4.79 Å². The van der Waals surface area contributed by atoms with Gasteiger partial charge in [0.2, 0.25) is 5.91 Å². The number of thioether (sulfide) groups is 1. The van der Waals surface area contributed by atoms with Gasteiger partial charge in [-0.15, -0.1) is 0 Å². The molecular formula is C13H17N5OS. The normalized spacial score (nSPS) is 9.75. The van der Waals surface area contributed by atoms with Crippen LogP contribution in [0.1, 0.15) is 19.8 Å². The summed E-state index contributed by atoms with van der Waals surface area (Å²) in [5.74, 6) is 0.208. The number of carbonyl (C=O) groups is 1. The Labute approximate surface area is 123 Å². The lowest BCUT2D eigenvalue weighted by atomic mass is 10.3. The average Bonchev–Trinajstić information content (AvgIpc) is 2.92. The third kappa shape index (κ3) is 4.94. The molecule has 6 nitrogen and oxygen atoms in total. The summed E-state index contributed by atoms with van der Waals surface area (Å²) >= 11 is 1.38. The Morgan fingerprint density at radius 2 is 2.05 bits per heavy atom. The lowest BCUT2D eigenvalue weighted by molar-refractivity contribution is -0.128. The molecule has 0 aromatic carbocycles. The summed E-state index contributed by atoms with van der Waals surface area (Å²) in [6.45, 7) is 3.57. The molecule has 0 aliphatic carbocycles. The number of amides is 1. The summed E-state index contributed by atoms with van der Waals surface area (Å²) < 4.78 is 1.97. The molecule has 1 rings (SSSR count). The van der Waals surface area contributed by atoms with Gasteiger partial charge in [0.05, 0.1) is 30.7 Å². The third-order valence-corrected chi connectivity index (χ3v) is 3.67. The summed E-state index contributed by atoms with van der Waals surface area (Å²) in [6, 6.07) is 4.03. The van der Waals surface area contributed by atoms with Crippen LogP contribution in [-0.2, 0) is 11.3 Å². The van der Waals surface area contributed by atoms with Crippen LogP contribution in [0.25, 0.3) is 0 Å². The fourth-order valence-electron chi connectivity index (χ4n) is 1.63. The highest BCUT2D eigenvalue weighted by Gasteiger charge is 2.14. The van der Waals surface area contributed by atoms with E-state index in [0.717, 1.165) is 11.7 Å². The van der Waals surface area contributed by atoms with Gasteiger partial charge in [0.25, 0.3) is 0 Å². The number of nitrogens with zero attached hydrogens (tertiary/aromatic N) is 5. The molecule has 0 aliphatic rings. The van der Waals surface area contributed by atoms with Crippen LogP contribution in [0.2, 0.25) is 0 Å². The summed E-state index contributed by atoms with van der Waals surface area (Å²) in [7, 11) is 0. The second-order valence-electron chi connectivity index (χ2n) is 3.98. The first-order valence-corrected chi connectivity index (χ1v) is 7.37. The Hall–Kier alpha value is -1.99. The molecule has 0 atom stereocenters. The molecule has 0 N–H and O–H groups in total. The van der Waals surface area contributed by atoms with Crippen molar-refractivity contribution >= 4 is 17.7 Å². The lowest BCUT2D eigenvalue weighted by Crippen LogP contribution is -2.34. The maximum absolute atomic E-state index is 12.1. The molecule has 1 heterocycles. The second-order valence-corrected chi connectivity index (χ2v) is 4.92. The first kappa shape index (κ1) is 16.1. The van der Waals surface area contributed by atoms with Gasteiger partial charge < -0.3 is 9.47 Å². The van der Waals surface area contributed by atoms with Crippen molar-refractivity contribution in [2.75, 3.05) is 18.8 Å². The average molecular weight is 291 g/mol. The van der Waals surface area contributed by atoms with Gasteiger partial charge in [-0.1, -0.05) is 11.8 Å². The highest BCUT2D eigenvalue weighted by Crippen LogP contribution is 2.16. The standard InChI is InChI=1S/C13H17N5OS/c1-2-17-10-7-16-13(17)20-11-12(19)18(8-3-5-14)9-4-6-15/h7,10H,2-4,8-9,11H2,1H3. The zero-order valence-electron chi connectivity index (χ0n) is 11.4. The maximum atomic E-state index is 12.1. The zero-order chi connectivity index (χ0) is 14.8. The molecule has 0 bridgehead atoms. The van der Waals surface area contributed by atoms with Crippen molar-refractivity contribution in [2.24, 2.45) is 0 Å². The number of hydrogen-bond acceptors (Lipinski definition) is 5. The SMILES string of the molecule is CCn1ccnc1SCC(=O)N(CCC#N)CCC#N. The summed E-state index contributed by atoms with van der Waals surface area (Å²) in [5, 5.41) is 18.0. The van der Waals surface area contributed by atoms with E-state index >= 15 is 0 Å². The largest absolute Gasteiger partial charge is 0.340 e. The Balaban J connectivity index is 2.53. The van der Waals surface area contributed by atoms with Gasteiger partial charge in [-0.3, -0.25) is 4.79 Å². The number of aromatic nitrogens is 2. The smallest absolute Gasteiger partial charge is 0.233 e. The summed E-state index contributed by atoms with van der Waals surface area (Å²) in [5.41, 5.74) is 0. The van der Waals surface area contributed by atoms with Gasteiger partial charge in [0, 0.05) is 32.0 Å². The Kier molecular flexibility index (Phi) is 7.23. The number of carbonyl (C=O) groups excluding carboxylic acids is 1. The van der Waals surface area contributed by atoms with Gasteiger partial charge >= 0.3 is 0 Å². The Bertz CT molecular complexity index is 496. The summed E-state index contributed by atoms with van der Waals surface area (Å²) in [4.78, 5) is 17.9. The molecule has 106 valence electrons. The predicted octanol–water partition coefficient (Wildman–Crippen LogP) is 1.65. The van der Waals surface area contributed by atoms with Crippen LogP contribution in [0, 0.1) is 22.7 Å². The lowest BCUT2D eigenvalue weighted by Gasteiger charge is -2.20. The van der Waals surface area contributed by atoms with Crippen molar-refractivity contribution in [3.63, 3.8) is 0 Å². The van der Waals surface area contributed by atoms with E-state index in [1.807, 2.05) is 29.8 Å². The molecule has 0 spiro atoms. The highest BCUT2D eigenvalue weighted by molar-refractivity contribution is 7.99. The van der Waals surface area contributed by atoms with E-state index in [2.05, 4.69) is 4.98 Å². The molecule has 1 aromatic rings. The van der Waals surface area contributed by atoms with Gasteiger partial charge in [-0.2, -0.15) is 10.5 Å². The fourth-order valence-corrected chi connectivity index (χ4v) is 2.55. The molecule has 0 aliphatic heterocycles. The van der Waals surface area contributed by atoms with Crippen LogP contribution in [0.3, 0.4) is 0 Å². The Morgan fingerprint density at radius 1 is 1.40 bits per heavy atom.